The van der Waals surface area contributed by atoms with Gasteiger partial charge in [0.05, 0.1) is 0 Å². The summed E-state index contributed by atoms with van der Waals surface area (Å²) < 4.78 is 8.63. The van der Waals surface area contributed by atoms with Crippen LogP contribution in [-0.4, -0.2) is 7.05 Å². The van der Waals surface area contributed by atoms with Crippen molar-refractivity contribution in [3.05, 3.63) is 16.2 Å². The second-order valence-electron chi connectivity index (χ2n) is 1.64. The van der Waals surface area contributed by atoms with Crippen LogP contribution in [-0.2, 0) is 0 Å². The molecule has 0 unspecified atom stereocenters. The van der Waals surface area contributed by atoms with Gasteiger partial charge in [0.25, 0.3) is 0 Å². The summed E-state index contributed by atoms with van der Waals surface area (Å²) in [4.78, 5) is 10.5. The van der Waals surface area contributed by atoms with Gasteiger partial charge in [-0.05, 0) is 0 Å². The highest BCUT2D eigenvalue weighted by Crippen LogP contribution is 2.06. The van der Waals surface area contributed by atoms with E-state index in [1.165, 1.54) is 0 Å². The molecule has 0 aliphatic heterocycles. The Kier molecular flexibility index (Phi) is 1.30. The number of nitrogens with one attached hydrogen (secondary N) is 1. The molecule has 0 saturated carbocycles. The maximum Gasteiger partial charge on any atom is 0.405 e. The molecule has 50 valence electrons. The van der Waals surface area contributed by atoms with Crippen LogP contribution in [0.25, 0.3) is 0 Å². The van der Waals surface area contributed by atoms with E-state index in [0.717, 1.165) is 0 Å². The molecule has 0 amide bonds. The Morgan fingerprint density at radius 2 is 2.11 bits per heavy atom. The van der Waals surface area contributed by atoms with E-state index in [9.17, 15) is 4.79 Å². The Morgan fingerprint density at radius 3 is 2.33 bits per heavy atom. The summed E-state index contributed by atoms with van der Waals surface area (Å²) in [5, 5.41) is 2.64. The average molecular weight is 129 g/mol. The molecule has 0 fully saturated rings. The third kappa shape index (κ3) is 0.826. The van der Waals surface area contributed by atoms with Crippen molar-refractivity contribution in [2.45, 2.75) is 6.92 Å². The van der Waals surface area contributed by atoms with E-state index in [4.69, 9.17) is 0 Å². The van der Waals surface area contributed by atoms with Crippen molar-refractivity contribution in [2.75, 3.05) is 12.4 Å². The molecule has 0 saturated heterocycles. The number of hydrogen-bond acceptors (Lipinski definition) is 4. The summed E-state index contributed by atoms with van der Waals surface area (Å²) in [7, 11) is 1.63. The normalized spacial score (nSPS) is 9.56. The van der Waals surface area contributed by atoms with Gasteiger partial charge in [0, 0.05) is 14.0 Å². The minimum atomic E-state index is -0.463. The second-order valence-corrected chi connectivity index (χ2v) is 1.64. The molecule has 1 heterocycles. The van der Waals surface area contributed by atoms with Crippen LogP contribution in [0.5, 0.6) is 0 Å². The van der Waals surface area contributed by atoms with Crippen molar-refractivity contribution in [3.8, 4) is 0 Å². The zero-order valence-electron chi connectivity index (χ0n) is 5.22. The fourth-order valence-corrected chi connectivity index (χ4v) is 0.605. The molecule has 0 aromatic carbocycles. The van der Waals surface area contributed by atoms with Gasteiger partial charge in [0.2, 0.25) is 0 Å². The largest absolute Gasteiger partial charge is 0.405 e. The van der Waals surface area contributed by atoms with Crippen LogP contribution < -0.4 is 10.9 Å². The average Bonchev–Trinajstić information content (AvgIpc) is 2.12. The molecule has 4 heteroatoms. The smallest absolute Gasteiger partial charge is 0.379 e. The SMILES string of the molecule is CNc1c(C)ooc1=O. The maximum atomic E-state index is 10.5. The maximum absolute atomic E-state index is 10.5. The zero-order chi connectivity index (χ0) is 6.85. The highest BCUT2D eigenvalue weighted by molar-refractivity contribution is 5.41. The molecule has 0 spiro atoms. The number of aryl methyl sites for hydroxylation is 1. The molecule has 1 aromatic rings. The van der Waals surface area contributed by atoms with E-state index in [1.54, 1.807) is 14.0 Å². The lowest BCUT2D eigenvalue weighted by atomic mass is 10.4. The molecular weight excluding hydrogens is 122 g/mol. The summed E-state index contributed by atoms with van der Waals surface area (Å²) in [5.41, 5.74) is -0.0787. The Labute approximate surface area is 51.4 Å². The predicted octanol–water partition coefficient (Wildman–Crippen LogP) is 0.583. The highest BCUT2D eigenvalue weighted by Gasteiger charge is 2.06. The zero-order valence-corrected chi connectivity index (χ0v) is 5.22. The minimum absolute atomic E-state index is 0.384. The van der Waals surface area contributed by atoms with Crippen LogP contribution in [0.2, 0.25) is 0 Å². The van der Waals surface area contributed by atoms with Crippen LogP contribution >= 0.6 is 0 Å². The molecule has 0 aliphatic rings. The Morgan fingerprint density at radius 1 is 1.44 bits per heavy atom. The summed E-state index contributed by atoms with van der Waals surface area (Å²) in [6, 6.07) is 0. The van der Waals surface area contributed by atoms with Crippen molar-refractivity contribution in [2.24, 2.45) is 0 Å². The minimum Gasteiger partial charge on any atom is -0.379 e. The summed E-state index contributed by atoms with van der Waals surface area (Å²) in [6.07, 6.45) is 0. The van der Waals surface area contributed by atoms with Crippen LogP contribution in [0.4, 0.5) is 5.69 Å². The first-order valence-corrected chi connectivity index (χ1v) is 2.53. The van der Waals surface area contributed by atoms with Gasteiger partial charge in [-0.1, -0.05) is 0 Å². The molecule has 0 bridgehead atoms. The van der Waals surface area contributed by atoms with Gasteiger partial charge in [-0.2, -0.15) is 0 Å². The van der Waals surface area contributed by atoms with Crippen molar-refractivity contribution < 1.29 is 9.15 Å². The fourth-order valence-electron chi connectivity index (χ4n) is 0.605. The number of hydrogen-bond donors (Lipinski definition) is 1. The molecule has 1 N–H and O–H groups in total. The van der Waals surface area contributed by atoms with Crippen LogP contribution in [0.3, 0.4) is 0 Å². The van der Waals surface area contributed by atoms with E-state index < -0.39 is 5.63 Å². The first-order valence-electron chi connectivity index (χ1n) is 2.53. The van der Waals surface area contributed by atoms with E-state index in [0.29, 0.717) is 11.4 Å². The van der Waals surface area contributed by atoms with E-state index in [-0.39, 0.29) is 0 Å². The summed E-state index contributed by atoms with van der Waals surface area (Å²) in [5.74, 6) is 0.475. The lowest BCUT2D eigenvalue weighted by Gasteiger charge is -1.86. The molecule has 9 heavy (non-hydrogen) atoms. The van der Waals surface area contributed by atoms with Crippen molar-refractivity contribution in [1.29, 1.82) is 0 Å². The van der Waals surface area contributed by atoms with Crippen LogP contribution in [0.15, 0.2) is 13.9 Å². The molecule has 0 atom stereocenters. The van der Waals surface area contributed by atoms with Crippen LogP contribution in [0, 0.1) is 6.92 Å². The summed E-state index contributed by atoms with van der Waals surface area (Å²) in [6.45, 7) is 1.65. The van der Waals surface area contributed by atoms with E-state index in [2.05, 4.69) is 14.5 Å². The topological polar surface area (TPSA) is 55.4 Å². The third-order valence-electron chi connectivity index (χ3n) is 1.05. The standard InChI is InChI=1S/C5H7NO3/c1-3-4(6-2)5(7)9-8-3/h6H,1-2H3. The Bertz CT molecular complexity index is 247. The van der Waals surface area contributed by atoms with Crippen molar-refractivity contribution in [1.82, 2.24) is 0 Å². The van der Waals surface area contributed by atoms with Gasteiger partial charge in [-0.3, -0.25) is 4.58 Å². The molecule has 4 nitrogen and oxygen atoms in total. The number of anilines is 1. The quantitative estimate of drug-likeness (QED) is 0.563. The van der Waals surface area contributed by atoms with Gasteiger partial charge < -0.3 is 5.32 Å². The highest BCUT2D eigenvalue weighted by atomic mass is 17.0. The van der Waals surface area contributed by atoms with Crippen molar-refractivity contribution in [3.63, 3.8) is 0 Å². The fraction of sp³-hybridized carbons (Fsp3) is 0.400. The van der Waals surface area contributed by atoms with Gasteiger partial charge >= 0.3 is 5.63 Å². The Balaban J connectivity index is 3.23. The molecule has 1 rings (SSSR count). The second kappa shape index (κ2) is 1.97. The first kappa shape index (κ1) is 5.94. The number of rotatable bonds is 1. The van der Waals surface area contributed by atoms with E-state index >= 15 is 0 Å². The summed E-state index contributed by atoms with van der Waals surface area (Å²) >= 11 is 0. The van der Waals surface area contributed by atoms with Gasteiger partial charge in [0.15, 0.2) is 11.4 Å². The molecular formula is C5H7NO3. The molecule has 0 aliphatic carbocycles. The van der Waals surface area contributed by atoms with Gasteiger partial charge in [-0.25, -0.2) is 9.37 Å². The lowest BCUT2D eigenvalue weighted by Crippen LogP contribution is -2.01. The lowest BCUT2D eigenvalue weighted by molar-refractivity contribution is 0.0412. The third-order valence-corrected chi connectivity index (χ3v) is 1.05. The van der Waals surface area contributed by atoms with Crippen LogP contribution in [0.1, 0.15) is 5.76 Å². The van der Waals surface area contributed by atoms with Gasteiger partial charge in [0.1, 0.15) is 0 Å². The van der Waals surface area contributed by atoms with E-state index in [1.807, 2.05) is 0 Å². The molecule has 0 radical (unpaired) electrons. The predicted molar refractivity (Wildman–Crippen MR) is 31.5 cm³/mol. The molecule has 1 aromatic heterocycles. The Hall–Kier alpha value is -1.19. The van der Waals surface area contributed by atoms with Gasteiger partial charge in [-0.15, -0.1) is 0 Å². The monoisotopic (exact) mass is 129 g/mol. The first-order chi connectivity index (χ1) is 4.25. The van der Waals surface area contributed by atoms with Crippen molar-refractivity contribution >= 4 is 5.69 Å².